The summed E-state index contributed by atoms with van der Waals surface area (Å²) in [6.45, 7) is 0. The minimum Gasteiger partial charge on any atom is -0.457 e. The van der Waals surface area contributed by atoms with E-state index < -0.39 is 7.12 Å². The van der Waals surface area contributed by atoms with Crippen molar-refractivity contribution in [2.75, 3.05) is 0 Å². The van der Waals surface area contributed by atoms with Crippen molar-refractivity contribution < 1.29 is 14.8 Å². The zero-order chi connectivity index (χ0) is 15.2. The van der Waals surface area contributed by atoms with Crippen molar-refractivity contribution in [1.29, 1.82) is 5.41 Å². The lowest BCUT2D eigenvalue weighted by molar-refractivity contribution is 0.425. The maximum Gasteiger partial charge on any atom is 0.488 e. The van der Waals surface area contributed by atoms with Gasteiger partial charge in [-0.15, -0.1) is 17.0 Å². The molecule has 0 spiro atoms. The summed E-state index contributed by atoms with van der Waals surface area (Å²) >= 11 is 1.15. The maximum atomic E-state index is 9.25. The van der Waals surface area contributed by atoms with Gasteiger partial charge < -0.3 is 20.5 Å². The van der Waals surface area contributed by atoms with Gasteiger partial charge in [0.1, 0.15) is 11.5 Å². The van der Waals surface area contributed by atoms with Crippen molar-refractivity contribution in [2.45, 2.75) is 5.75 Å². The molecule has 0 heterocycles. The molecule has 0 saturated carbocycles. The number of nitrogens with two attached hydrogens (primary N) is 1. The summed E-state index contributed by atoms with van der Waals surface area (Å²) in [5, 5.41) is 25.8. The van der Waals surface area contributed by atoms with E-state index in [1.807, 2.05) is 30.3 Å². The monoisotopic (exact) mass is 382 g/mol. The number of halogens is 1. The van der Waals surface area contributed by atoms with Gasteiger partial charge in [0.05, 0.1) is 0 Å². The number of hydrogen-bond acceptors (Lipinski definition) is 5. The fourth-order valence-corrected chi connectivity index (χ4v) is 2.28. The molecule has 2 aromatic rings. The first-order valence-corrected chi connectivity index (χ1v) is 7.23. The minimum atomic E-state index is -1.54. The smallest absolute Gasteiger partial charge is 0.457 e. The molecular weight excluding hydrogens is 367 g/mol. The number of ether oxygens (including phenoxy) is 1. The molecule has 5 N–H and O–H groups in total. The maximum absolute atomic E-state index is 9.25. The van der Waals surface area contributed by atoms with Gasteiger partial charge in [-0.05, 0) is 23.7 Å². The van der Waals surface area contributed by atoms with Gasteiger partial charge in [-0.2, -0.15) is 0 Å². The Hall–Kier alpha value is -1.48. The summed E-state index contributed by atoms with van der Waals surface area (Å²) in [4.78, 5) is 0. The lowest BCUT2D eigenvalue weighted by atomic mass is 9.79. The highest BCUT2D eigenvalue weighted by Gasteiger charge is 2.15. The molecule has 0 aromatic heterocycles. The van der Waals surface area contributed by atoms with E-state index in [1.54, 1.807) is 18.2 Å². The molecule has 8 heteroatoms. The highest BCUT2D eigenvalue weighted by molar-refractivity contribution is 8.93. The fourth-order valence-electron chi connectivity index (χ4n) is 1.74. The van der Waals surface area contributed by atoms with Crippen LogP contribution < -0.4 is 15.9 Å². The Morgan fingerprint density at radius 1 is 1.18 bits per heavy atom. The predicted octanol–water partition coefficient (Wildman–Crippen LogP) is 1.86. The largest absolute Gasteiger partial charge is 0.488 e. The van der Waals surface area contributed by atoms with Gasteiger partial charge in [0.2, 0.25) is 0 Å². The summed E-state index contributed by atoms with van der Waals surface area (Å²) in [7, 11) is -1.54. The molecule has 2 aromatic carbocycles. The lowest BCUT2D eigenvalue weighted by Gasteiger charge is -2.12. The summed E-state index contributed by atoms with van der Waals surface area (Å²) in [6.07, 6.45) is 0. The average Bonchev–Trinajstić information content (AvgIpc) is 2.47. The van der Waals surface area contributed by atoms with E-state index in [0.717, 1.165) is 17.3 Å². The zero-order valence-corrected chi connectivity index (χ0v) is 14.1. The van der Waals surface area contributed by atoms with Crippen LogP contribution in [0.1, 0.15) is 5.56 Å². The van der Waals surface area contributed by atoms with Crippen molar-refractivity contribution in [2.24, 2.45) is 5.73 Å². The Kier molecular flexibility index (Phi) is 7.47. The van der Waals surface area contributed by atoms with Crippen LogP contribution in [0.3, 0.4) is 0 Å². The minimum absolute atomic E-state index is 0. The van der Waals surface area contributed by atoms with E-state index in [4.69, 9.17) is 15.9 Å². The molecule has 22 heavy (non-hydrogen) atoms. The first-order chi connectivity index (χ1) is 10.1. The highest BCUT2D eigenvalue weighted by Crippen LogP contribution is 2.27. The fraction of sp³-hybridized carbons (Fsp3) is 0.0714. The molecule has 2 rings (SSSR count). The first kappa shape index (κ1) is 18.6. The second-order valence-electron chi connectivity index (χ2n) is 4.31. The van der Waals surface area contributed by atoms with Crippen molar-refractivity contribution in [1.82, 2.24) is 0 Å². The molecule has 0 aliphatic carbocycles. The quantitative estimate of drug-likeness (QED) is 0.359. The van der Waals surface area contributed by atoms with Crippen LogP contribution in [-0.4, -0.2) is 22.3 Å². The molecular formula is C14H16BBrN2O3S. The Morgan fingerprint density at radius 2 is 1.86 bits per heavy atom. The van der Waals surface area contributed by atoms with Crippen LogP contribution in [0.4, 0.5) is 0 Å². The van der Waals surface area contributed by atoms with Gasteiger partial charge in [0, 0.05) is 11.3 Å². The summed E-state index contributed by atoms with van der Waals surface area (Å²) in [5.41, 5.74) is 6.46. The topological polar surface area (TPSA) is 99.6 Å². The van der Waals surface area contributed by atoms with Crippen LogP contribution in [0.25, 0.3) is 0 Å². The van der Waals surface area contributed by atoms with Crippen molar-refractivity contribution in [3.05, 3.63) is 54.1 Å². The van der Waals surface area contributed by atoms with Crippen LogP contribution in [0, 0.1) is 5.41 Å². The van der Waals surface area contributed by atoms with Crippen LogP contribution in [0.15, 0.2) is 48.5 Å². The number of para-hydroxylation sites is 1. The Labute approximate surface area is 143 Å². The van der Waals surface area contributed by atoms with Gasteiger partial charge in [0.25, 0.3) is 0 Å². The Bertz CT molecular complexity index is 629. The molecule has 0 unspecified atom stereocenters. The van der Waals surface area contributed by atoms with Gasteiger partial charge in [0.15, 0.2) is 5.17 Å². The second-order valence-corrected chi connectivity index (χ2v) is 5.33. The summed E-state index contributed by atoms with van der Waals surface area (Å²) in [6, 6.07) is 14.2. The third-order valence-electron chi connectivity index (χ3n) is 2.74. The molecule has 0 amide bonds. The molecule has 0 fully saturated rings. The number of hydrogen-bond donors (Lipinski definition) is 4. The molecule has 0 bridgehead atoms. The van der Waals surface area contributed by atoms with Gasteiger partial charge in [-0.25, -0.2) is 0 Å². The third-order valence-corrected chi connectivity index (χ3v) is 3.50. The lowest BCUT2D eigenvalue weighted by Crippen LogP contribution is -2.30. The summed E-state index contributed by atoms with van der Waals surface area (Å²) < 4.78 is 5.79. The predicted molar refractivity (Wildman–Crippen MR) is 96.3 cm³/mol. The van der Waals surface area contributed by atoms with Gasteiger partial charge in [-0.3, -0.25) is 5.41 Å². The van der Waals surface area contributed by atoms with Crippen LogP contribution in [0.2, 0.25) is 0 Å². The molecule has 0 saturated heterocycles. The Balaban J connectivity index is 0.00000242. The van der Waals surface area contributed by atoms with E-state index in [-0.39, 0.29) is 22.1 Å². The second kappa shape index (κ2) is 8.84. The van der Waals surface area contributed by atoms with Crippen molar-refractivity contribution in [3.8, 4) is 11.5 Å². The summed E-state index contributed by atoms with van der Waals surface area (Å²) in [5.74, 6) is 1.70. The van der Waals surface area contributed by atoms with E-state index in [2.05, 4.69) is 0 Å². The standard InChI is InChI=1S/C14H15BN2O3S.BrH/c16-14(17)21-9-10-8-11(15(18)19)6-7-13(10)20-12-4-2-1-3-5-12;/h1-8,18-19H,9H2,(H3,16,17);1H. The number of rotatable bonds is 5. The zero-order valence-electron chi connectivity index (χ0n) is 11.6. The number of benzene rings is 2. The first-order valence-electron chi connectivity index (χ1n) is 6.25. The molecule has 0 atom stereocenters. The third kappa shape index (κ3) is 5.38. The van der Waals surface area contributed by atoms with Crippen LogP contribution in [-0.2, 0) is 5.75 Å². The van der Waals surface area contributed by atoms with E-state index >= 15 is 0 Å². The number of nitrogens with one attached hydrogen (secondary N) is 1. The normalized spacial score (nSPS) is 9.73. The van der Waals surface area contributed by atoms with E-state index in [9.17, 15) is 10.0 Å². The van der Waals surface area contributed by atoms with Crippen molar-refractivity contribution in [3.63, 3.8) is 0 Å². The molecule has 0 radical (unpaired) electrons. The van der Waals surface area contributed by atoms with E-state index in [1.165, 1.54) is 0 Å². The van der Waals surface area contributed by atoms with Gasteiger partial charge >= 0.3 is 7.12 Å². The number of thioether (sulfide) groups is 1. The Morgan fingerprint density at radius 3 is 2.45 bits per heavy atom. The SMILES string of the molecule is Br.N=C(N)SCc1cc(B(O)O)ccc1Oc1ccccc1. The number of amidine groups is 1. The van der Waals surface area contributed by atoms with Crippen molar-refractivity contribution >= 4 is 46.5 Å². The van der Waals surface area contributed by atoms with Crippen LogP contribution in [0.5, 0.6) is 11.5 Å². The molecule has 0 aliphatic rings. The average molecular weight is 383 g/mol. The van der Waals surface area contributed by atoms with Crippen LogP contribution >= 0.6 is 28.7 Å². The molecule has 5 nitrogen and oxygen atoms in total. The molecule has 116 valence electrons. The molecule has 0 aliphatic heterocycles. The van der Waals surface area contributed by atoms with Gasteiger partial charge in [-0.1, -0.05) is 42.1 Å². The highest BCUT2D eigenvalue weighted by atomic mass is 79.9. The van der Waals surface area contributed by atoms with E-state index in [0.29, 0.717) is 22.7 Å².